The van der Waals surface area contributed by atoms with E-state index in [-0.39, 0.29) is 12.0 Å². The summed E-state index contributed by atoms with van der Waals surface area (Å²) in [6, 6.07) is 10.1. The summed E-state index contributed by atoms with van der Waals surface area (Å²) < 4.78 is 10.9. The molecule has 110 valence electrons. The van der Waals surface area contributed by atoms with Crippen LogP contribution < -0.4 is 10.6 Å². The van der Waals surface area contributed by atoms with E-state index >= 15 is 0 Å². The van der Waals surface area contributed by atoms with Gasteiger partial charge in [-0.2, -0.15) is 0 Å². The van der Waals surface area contributed by atoms with Crippen LogP contribution in [-0.4, -0.2) is 44.9 Å². The fourth-order valence-corrected chi connectivity index (χ4v) is 2.00. The lowest BCUT2D eigenvalue weighted by Gasteiger charge is -2.22. The molecule has 0 aliphatic carbocycles. The lowest BCUT2D eigenvalue weighted by atomic mass is 10.2. The molecule has 0 saturated carbocycles. The predicted molar refractivity (Wildman–Crippen MR) is 76.3 cm³/mol. The first kappa shape index (κ1) is 15.0. The number of carbonyl (C=O) groups is 1. The van der Waals surface area contributed by atoms with Gasteiger partial charge in [-0.25, -0.2) is 0 Å². The largest absolute Gasteiger partial charge is 0.377 e. The molecule has 0 aromatic heterocycles. The molecule has 1 saturated heterocycles. The molecule has 1 aromatic rings. The van der Waals surface area contributed by atoms with E-state index in [1.54, 1.807) is 0 Å². The summed E-state index contributed by atoms with van der Waals surface area (Å²) in [5.74, 6) is -0.0414. The normalized spacial score (nSPS) is 18.7. The lowest BCUT2D eigenvalue weighted by Crippen LogP contribution is -2.48. The minimum atomic E-state index is -0.353. The highest BCUT2D eigenvalue weighted by atomic mass is 16.5. The second-order valence-electron chi connectivity index (χ2n) is 4.75. The fraction of sp³-hybridized carbons (Fsp3) is 0.533. The van der Waals surface area contributed by atoms with Crippen molar-refractivity contribution in [3.63, 3.8) is 0 Å². The highest BCUT2D eigenvalue weighted by molar-refractivity contribution is 5.81. The van der Waals surface area contributed by atoms with Gasteiger partial charge in [0.05, 0.1) is 13.2 Å². The van der Waals surface area contributed by atoms with Gasteiger partial charge in [-0.05, 0) is 12.0 Å². The zero-order valence-electron chi connectivity index (χ0n) is 11.6. The molecule has 1 fully saturated rings. The van der Waals surface area contributed by atoms with Gasteiger partial charge in [-0.15, -0.1) is 0 Å². The summed E-state index contributed by atoms with van der Waals surface area (Å²) in [5.41, 5.74) is 1.17. The zero-order chi connectivity index (χ0) is 14.0. The SMILES string of the molecule is O=C(NCCCOCc1ccccc1)C1CNCCO1. The molecule has 2 N–H and O–H groups in total. The van der Waals surface area contributed by atoms with Crippen molar-refractivity contribution in [3.8, 4) is 0 Å². The molecule has 2 rings (SSSR count). The molecule has 1 amide bonds. The number of hydrogen-bond acceptors (Lipinski definition) is 4. The van der Waals surface area contributed by atoms with Crippen LogP contribution in [0.4, 0.5) is 0 Å². The third kappa shape index (κ3) is 5.28. The van der Waals surface area contributed by atoms with Crippen LogP contribution in [0.5, 0.6) is 0 Å². The van der Waals surface area contributed by atoms with Crippen molar-refractivity contribution in [2.75, 3.05) is 32.8 Å². The number of morpholine rings is 1. The van der Waals surface area contributed by atoms with Crippen LogP contribution in [0.3, 0.4) is 0 Å². The molecular formula is C15H22N2O3. The first-order valence-electron chi connectivity index (χ1n) is 7.08. The van der Waals surface area contributed by atoms with Crippen LogP contribution >= 0.6 is 0 Å². The first-order valence-corrected chi connectivity index (χ1v) is 7.08. The Balaban J connectivity index is 1.50. The number of carbonyl (C=O) groups excluding carboxylic acids is 1. The van der Waals surface area contributed by atoms with Crippen molar-refractivity contribution in [3.05, 3.63) is 35.9 Å². The van der Waals surface area contributed by atoms with E-state index in [2.05, 4.69) is 10.6 Å². The maximum atomic E-state index is 11.7. The monoisotopic (exact) mass is 278 g/mol. The van der Waals surface area contributed by atoms with E-state index in [4.69, 9.17) is 9.47 Å². The Morgan fingerprint density at radius 1 is 1.40 bits per heavy atom. The average Bonchev–Trinajstić information content (AvgIpc) is 2.52. The summed E-state index contributed by atoms with van der Waals surface area (Å²) in [4.78, 5) is 11.7. The Bertz CT molecular complexity index is 391. The molecule has 1 aliphatic heterocycles. The summed E-state index contributed by atoms with van der Waals surface area (Å²) in [7, 11) is 0. The fourth-order valence-electron chi connectivity index (χ4n) is 2.00. The van der Waals surface area contributed by atoms with E-state index in [1.807, 2.05) is 30.3 Å². The van der Waals surface area contributed by atoms with Gasteiger partial charge in [-0.1, -0.05) is 30.3 Å². The molecule has 0 bridgehead atoms. The molecule has 5 nitrogen and oxygen atoms in total. The molecule has 20 heavy (non-hydrogen) atoms. The second kappa shape index (κ2) is 8.68. The Morgan fingerprint density at radius 3 is 3.00 bits per heavy atom. The van der Waals surface area contributed by atoms with Crippen LogP contribution in [-0.2, 0) is 20.9 Å². The Kier molecular flexibility index (Phi) is 6.50. The topological polar surface area (TPSA) is 59.6 Å². The second-order valence-corrected chi connectivity index (χ2v) is 4.75. The smallest absolute Gasteiger partial charge is 0.250 e. The molecule has 1 unspecified atom stereocenters. The van der Waals surface area contributed by atoms with Crippen molar-refractivity contribution in [1.29, 1.82) is 0 Å². The number of hydrogen-bond donors (Lipinski definition) is 2. The first-order chi connectivity index (χ1) is 9.86. The highest BCUT2D eigenvalue weighted by Crippen LogP contribution is 2.00. The quantitative estimate of drug-likeness (QED) is 0.721. The van der Waals surface area contributed by atoms with Crippen LogP contribution in [0.15, 0.2) is 30.3 Å². The Morgan fingerprint density at radius 2 is 2.25 bits per heavy atom. The van der Waals surface area contributed by atoms with Crippen LogP contribution in [0.25, 0.3) is 0 Å². The third-order valence-corrected chi connectivity index (χ3v) is 3.10. The van der Waals surface area contributed by atoms with Crippen LogP contribution in [0, 0.1) is 0 Å². The van der Waals surface area contributed by atoms with Gasteiger partial charge in [0.1, 0.15) is 6.10 Å². The van der Waals surface area contributed by atoms with Gasteiger partial charge in [0.15, 0.2) is 0 Å². The molecule has 1 aromatic carbocycles. The predicted octanol–water partition coefficient (Wildman–Crippen LogP) is 0.698. The van der Waals surface area contributed by atoms with E-state index in [9.17, 15) is 4.79 Å². The summed E-state index contributed by atoms with van der Waals surface area (Å²) in [6.07, 6.45) is 0.451. The number of nitrogens with one attached hydrogen (secondary N) is 2. The van der Waals surface area contributed by atoms with Gasteiger partial charge in [-0.3, -0.25) is 4.79 Å². The van der Waals surface area contributed by atoms with Gasteiger partial charge < -0.3 is 20.1 Å². The van der Waals surface area contributed by atoms with Crippen molar-refractivity contribution in [1.82, 2.24) is 10.6 Å². The number of benzene rings is 1. The van der Waals surface area contributed by atoms with Gasteiger partial charge in [0, 0.05) is 26.2 Å². The molecular weight excluding hydrogens is 256 g/mol. The Labute approximate surface area is 119 Å². The molecule has 1 aliphatic rings. The number of rotatable bonds is 7. The maximum Gasteiger partial charge on any atom is 0.250 e. The standard InChI is InChI=1S/C15H22N2O3/c18-15(14-11-16-8-10-20-14)17-7-4-9-19-12-13-5-2-1-3-6-13/h1-3,5-6,14,16H,4,7-12H2,(H,17,18). The van der Waals surface area contributed by atoms with Crippen LogP contribution in [0.2, 0.25) is 0 Å². The molecule has 5 heteroatoms. The van der Waals surface area contributed by atoms with Crippen LogP contribution in [0.1, 0.15) is 12.0 Å². The van der Waals surface area contributed by atoms with E-state index in [0.29, 0.717) is 32.9 Å². The molecule has 1 atom stereocenters. The number of amides is 1. The maximum absolute atomic E-state index is 11.7. The van der Waals surface area contributed by atoms with Crippen molar-refractivity contribution in [2.45, 2.75) is 19.1 Å². The van der Waals surface area contributed by atoms with Crippen molar-refractivity contribution in [2.24, 2.45) is 0 Å². The highest BCUT2D eigenvalue weighted by Gasteiger charge is 2.20. The van der Waals surface area contributed by atoms with Gasteiger partial charge in [0.25, 0.3) is 0 Å². The van der Waals surface area contributed by atoms with E-state index in [0.717, 1.165) is 13.0 Å². The Hall–Kier alpha value is -1.43. The van der Waals surface area contributed by atoms with Gasteiger partial charge >= 0.3 is 0 Å². The average molecular weight is 278 g/mol. The third-order valence-electron chi connectivity index (χ3n) is 3.10. The molecule has 0 radical (unpaired) electrons. The molecule has 1 heterocycles. The van der Waals surface area contributed by atoms with Crippen molar-refractivity contribution < 1.29 is 14.3 Å². The van der Waals surface area contributed by atoms with E-state index < -0.39 is 0 Å². The van der Waals surface area contributed by atoms with E-state index in [1.165, 1.54) is 5.56 Å². The lowest BCUT2D eigenvalue weighted by molar-refractivity contribution is -0.134. The minimum absolute atomic E-state index is 0.0414. The zero-order valence-corrected chi connectivity index (χ0v) is 11.6. The van der Waals surface area contributed by atoms with Crippen molar-refractivity contribution >= 4 is 5.91 Å². The summed E-state index contributed by atoms with van der Waals surface area (Å²) in [6.45, 7) is 3.88. The summed E-state index contributed by atoms with van der Waals surface area (Å²) in [5, 5.41) is 6.00. The van der Waals surface area contributed by atoms with Gasteiger partial charge in [0.2, 0.25) is 5.91 Å². The molecule has 0 spiro atoms. The summed E-state index contributed by atoms with van der Waals surface area (Å²) >= 11 is 0. The minimum Gasteiger partial charge on any atom is -0.377 e. The number of ether oxygens (including phenoxy) is 2.